The molecule has 1 unspecified atom stereocenters. The SMILES string of the molecule is NC(=O)C1([C@H]2CCN(Cc3cccnc3)C2)CCCCN1. The Kier molecular flexibility index (Phi) is 4.22. The van der Waals surface area contributed by atoms with Gasteiger partial charge in [0.15, 0.2) is 0 Å². The number of piperidine rings is 1. The number of nitrogens with zero attached hydrogens (tertiary/aromatic N) is 2. The van der Waals surface area contributed by atoms with Crippen LogP contribution in [0, 0.1) is 5.92 Å². The van der Waals surface area contributed by atoms with Crippen LogP contribution in [-0.2, 0) is 11.3 Å². The molecule has 2 saturated heterocycles. The van der Waals surface area contributed by atoms with Gasteiger partial charge in [-0.3, -0.25) is 14.7 Å². The van der Waals surface area contributed by atoms with Gasteiger partial charge < -0.3 is 11.1 Å². The van der Waals surface area contributed by atoms with Gasteiger partial charge in [0.1, 0.15) is 5.54 Å². The van der Waals surface area contributed by atoms with Crippen molar-refractivity contribution in [3.63, 3.8) is 0 Å². The van der Waals surface area contributed by atoms with Crippen LogP contribution in [0.3, 0.4) is 0 Å². The Bertz CT molecular complexity index is 484. The molecule has 1 amide bonds. The summed E-state index contributed by atoms with van der Waals surface area (Å²) < 4.78 is 0. The average molecular weight is 288 g/mol. The minimum Gasteiger partial charge on any atom is -0.368 e. The van der Waals surface area contributed by atoms with Crippen LogP contribution in [0.5, 0.6) is 0 Å². The molecule has 1 aromatic heterocycles. The molecule has 1 aromatic rings. The van der Waals surface area contributed by atoms with Crippen molar-refractivity contribution in [2.45, 2.75) is 37.8 Å². The molecule has 3 N–H and O–H groups in total. The Morgan fingerprint density at radius 3 is 3.10 bits per heavy atom. The van der Waals surface area contributed by atoms with Gasteiger partial charge in [0.25, 0.3) is 0 Å². The molecule has 3 rings (SSSR count). The molecule has 5 nitrogen and oxygen atoms in total. The van der Waals surface area contributed by atoms with Crippen LogP contribution in [0.4, 0.5) is 0 Å². The Labute approximate surface area is 125 Å². The number of aromatic nitrogens is 1. The highest BCUT2D eigenvalue weighted by molar-refractivity contribution is 5.85. The molecular weight excluding hydrogens is 264 g/mol. The normalized spacial score (nSPS) is 30.4. The number of carbonyl (C=O) groups is 1. The number of carbonyl (C=O) groups excluding carboxylic acids is 1. The van der Waals surface area contributed by atoms with Crippen molar-refractivity contribution in [3.05, 3.63) is 30.1 Å². The van der Waals surface area contributed by atoms with Crippen LogP contribution < -0.4 is 11.1 Å². The highest BCUT2D eigenvalue weighted by Gasteiger charge is 2.47. The molecule has 0 spiro atoms. The van der Waals surface area contributed by atoms with E-state index in [-0.39, 0.29) is 5.91 Å². The second-order valence-electron chi connectivity index (χ2n) is 6.30. The quantitative estimate of drug-likeness (QED) is 0.863. The zero-order valence-corrected chi connectivity index (χ0v) is 12.4. The number of pyridine rings is 1. The van der Waals surface area contributed by atoms with Crippen molar-refractivity contribution in [2.75, 3.05) is 19.6 Å². The summed E-state index contributed by atoms with van der Waals surface area (Å²) in [6.45, 7) is 3.77. The summed E-state index contributed by atoms with van der Waals surface area (Å²) in [7, 11) is 0. The Morgan fingerprint density at radius 1 is 1.52 bits per heavy atom. The van der Waals surface area contributed by atoms with Crippen LogP contribution in [0.15, 0.2) is 24.5 Å². The number of hydrogen-bond acceptors (Lipinski definition) is 4. The maximum atomic E-state index is 12.1. The van der Waals surface area contributed by atoms with Gasteiger partial charge >= 0.3 is 0 Å². The standard InChI is InChI=1S/C16H24N4O/c17-15(21)16(6-1-2-8-19-16)14-5-9-20(12-14)11-13-4-3-7-18-10-13/h3-4,7,10,14,19H,1-2,5-6,8-9,11-12H2,(H2,17,21)/t14-,16?/m0/s1. The van der Waals surface area contributed by atoms with Crippen LogP contribution in [0.25, 0.3) is 0 Å². The van der Waals surface area contributed by atoms with Gasteiger partial charge in [-0.05, 0) is 56.3 Å². The molecule has 2 atom stereocenters. The lowest BCUT2D eigenvalue weighted by atomic mass is 9.76. The third-order valence-electron chi connectivity index (χ3n) is 4.98. The van der Waals surface area contributed by atoms with E-state index in [1.54, 1.807) is 6.20 Å². The van der Waals surface area contributed by atoms with Crippen molar-refractivity contribution >= 4 is 5.91 Å². The lowest BCUT2D eigenvalue weighted by Crippen LogP contribution is -2.62. The summed E-state index contributed by atoms with van der Waals surface area (Å²) in [5.41, 5.74) is 6.49. The highest BCUT2D eigenvalue weighted by Crippen LogP contribution is 2.34. The van der Waals surface area contributed by atoms with E-state index in [1.807, 2.05) is 12.3 Å². The molecule has 0 radical (unpaired) electrons. The third-order valence-corrected chi connectivity index (χ3v) is 4.98. The van der Waals surface area contributed by atoms with Crippen molar-refractivity contribution in [3.8, 4) is 0 Å². The van der Waals surface area contributed by atoms with E-state index in [1.165, 1.54) is 5.56 Å². The summed E-state index contributed by atoms with van der Waals surface area (Å²) in [4.78, 5) is 18.6. The molecule has 0 bridgehead atoms. The summed E-state index contributed by atoms with van der Waals surface area (Å²) in [6, 6.07) is 4.07. The summed E-state index contributed by atoms with van der Waals surface area (Å²) in [6.07, 6.45) is 7.86. The first-order valence-corrected chi connectivity index (χ1v) is 7.87. The predicted molar refractivity (Wildman–Crippen MR) is 81.4 cm³/mol. The second kappa shape index (κ2) is 6.12. The minimum atomic E-state index is -0.484. The monoisotopic (exact) mass is 288 g/mol. The molecule has 21 heavy (non-hydrogen) atoms. The zero-order valence-electron chi connectivity index (χ0n) is 12.4. The lowest BCUT2D eigenvalue weighted by molar-refractivity contribution is -0.127. The lowest BCUT2D eigenvalue weighted by Gasteiger charge is -2.40. The maximum absolute atomic E-state index is 12.1. The summed E-state index contributed by atoms with van der Waals surface area (Å²) in [5, 5.41) is 3.44. The molecule has 0 aliphatic carbocycles. The number of primary amides is 1. The molecule has 2 aliphatic heterocycles. The van der Waals surface area contributed by atoms with Gasteiger partial charge in [-0.15, -0.1) is 0 Å². The molecule has 3 heterocycles. The first kappa shape index (κ1) is 14.5. The number of rotatable bonds is 4. The van der Waals surface area contributed by atoms with Crippen molar-refractivity contribution in [1.29, 1.82) is 0 Å². The van der Waals surface area contributed by atoms with Crippen LogP contribution in [0.2, 0.25) is 0 Å². The first-order chi connectivity index (χ1) is 10.2. The first-order valence-electron chi connectivity index (χ1n) is 7.87. The molecule has 5 heteroatoms. The number of nitrogens with one attached hydrogen (secondary N) is 1. The van der Waals surface area contributed by atoms with Gasteiger partial charge in [0.05, 0.1) is 0 Å². The number of likely N-dealkylation sites (tertiary alicyclic amines) is 1. The van der Waals surface area contributed by atoms with Gasteiger partial charge in [0.2, 0.25) is 5.91 Å². The highest BCUT2D eigenvalue weighted by atomic mass is 16.1. The fourth-order valence-electron chi connectivity index (χ4n) is 3.82. The number of amides is 1. The minimum absolute atomic E-state index is 0.171. The molecule has 0 aromatic carbocycles. The smallest absolute Gasteiger partial charge is 0.238 e. The Morgan fingerprint density at radius 2 is 2.43 bits per heavy atom. The van der Waals surface area contributed by atoms with Crippen molar-refractivity contribution in [1.82, 2.24) is 15.2 Å². The second-order valence-corrected chi connectivity index (χ2v) is 6.30. The van der Waals surface area contributed by atoms with E-state index >= 15 is 0 Å². The van der Waals surface area contributed by atoms with Crippen molar-refractivity contribution < 1.29 is 4.79 Å². The van der Waals surface area contributed by atoms with E-state index in [0.29, 0.717) is 5.92 Å². The Hall–Kier alpha value is -1.46. The van der Waals surface area contributed by atoms with Crippen molar-refractivity contribution in [2.24, 2.45) is 11.7 Å². The largest absolute Gasteiger partial charge is 0.368 e. The van der Waals surface area contributed by atoms with Gasteiger partial charge in [-0.25, -0.2) is 0 Å². The van der Waals surface area contributed by atoms with Crippen LogP contribution in [-0.4, -0.2) is 41.0 Å². The topological polar surface area (TPSA) is 71.2 Å². The zero-order chi connectivity index (χ0) is 14.7. The van der Waals surface area contributed by atoms with Gasteiger partial charge in [-0.1, -0.05) is 6.07 Å². The maximum Gasteiger partial charge on any atom is 0.238 e. The number of hydrogen-bond donors (Lipinski definition) is 2. The molecule has 2 fully saturated rings. The summed E-state index contributed by atoms with van der Waals surface area (Å²) >= 11 is 0. The molecule has 114 valence electrons. The fraction of sp³-hybridized carbons (Fsp3) is 0.625. The fourth-order valence-corrected chi connectivity index (χ4v) is 3.82. The van der Waals surface area contributed by atoms with Crippen LogP contribution >= 0.6 is 0 Å². The van der Waals surface area contributed by atoms with E-state index in [9.17, 15) is 4.79 Å². The molecule has 0 saturated carbocycles. The number of nitrogens with two attached hydrogens (primary N) is 1. The van der Waals surface area contributed by atoms with E-state index < -0.39 is 5.54 Å². The third kappa shape index (κ3) is 2.94. The molecular formula is C16H24N4O. The van der Waals surface area contributed by atoms with Crippen LogP contribution in [0.1, 0.15) is 31.2 Å². The van der Waals surface area contributed by atoms with E-state index in [0.717, 1.165) is 51.9 Å². The van der Waals surface area contributed by atoms with Gasteiger partial charge in [0, 0.05) is 25.5 Å². The van der Waals surface area contributed by atoms with E-state index in [2.05, 4.69) is 21.3 Å². The molecule has 2 aliphatic rings. The average Bonchev–Trinajstić information content (AvgIpc) is 2.98. The summed E-state index contributed by atoms with van der Waals surface area (Å²) in [5.74, 6) is 0.155. The predicted octanol–water partition coefficient (Wildman–Crippen LogP) is 0.901. The van der Waals surface area contributed by atoms with E-state index in [4.69, 9.17) is 5.73 Å². The Balaban J connectivity index is 1.66. The van der Waals surface area contributed by atoms with Gasteiger partial charge in [-0.2, -0.15) is 0 Å².